The minimum Gasteiger partial charge on any atom is -0.495 e. The molecule has 0 aromatic heterocycles. The van der Waals surface area contributed by atoms with Gasteiger partial charge in [0.15, 0.2) is 0 Å². The number of sulfonamides is 1. The number of nitro groups is 1. The van der Waals surface area contributed by atoms with Crippen LogP contribution in [0.3, 0.4) is 0 Å². The number of nitriles is 1. The van der Waals surface area contributed by atoms with Crippen LogP contribution >= 0.6 is 0 Å². The molecule has 0 aliphatic rings. The Hall–Kier alpha value is -2.18. The van der Waals surface area contributed by atoms with Crippen molar-refractivity contribution in [1.82, 2.24) is 4.72 Å². The number of nitrogens with one attached hydrogen (secondary N) is 1. The van der Waals surface area contributed by atoms with Crippen molar-refractivity contribution in [1.29, 1.82) is 5.26 Å². The normalized spacial score (nSPS) is 12.5. The molecule has 19 heavy (non-hydrogen) atoms. The highest BCUT2D eigenvalue weighted by Crippen LogP contribution is 2.28. The van der Waals surface area contributed by atoms with E-state index >= 15 is 0 Å². The third kappa shape index (κ3) is 3.40. The molecule has 1 aromatic rings. The molecule has 0 amide bonds. The summed E-state index contributed by atoms with van der Waals surface area (Å²) in [5, 5.41) is 19.3. The van der Waals surface area contributed by atoms with E-state index in [-0.39, 0.29) is 16.3 Å². The molecule has 0 aliphatic carbocycles. The fourth-order valence-corrected chi connectivity index (χ4v) is 2.65. The van der Waals surface area contributed by atoms with Gasteiger partial charge in [-0.3, -0.25) is 10.1 Å². The highest BCUT2D eigenvalue weighted by molar-refractivity contribution is 7.89. The molecular weight excluding hydrogens is 274 g/mol. The number of nitro benzene ring substituents is 1. The number of hydrogen-bond acceptors (Lipinski definition) is 6. The van der Waals surface area contributed by atoms with Crippen molar-refractivity contribution in [2.45, 2.75) is 17.9 Å². The molecule has 1 unspecified atom stereocenters. The van der Waals surface area contributed by atoms with Gasteiger partial charge in [0.1, 0.15) is 16.7 Å². The van der Waals surface area contributed by atoms with Crippen LogP contribution in [0.1, 0.15) is 6.92 Å². The quantitative estimate of drug-likeness (QED) is 0.630. The number of benzene rings is 1. The van der Waals surface area contributed by atoms with Crippen LogP contribution in [0.15, 0.2) is 23.1 Å². The molecular formula is C10H11N3O5S. The first-order chi connectivity index (χ1) is 8.81. The van der Waals surface area contributed by atoms with Crippen LogP contribution in [0.25, 0.3) is 0 Å². The topological polar surface area (TPSA) is 122 Å². The van der Waals surface area contributed by atoms with Crippen LogP contribution < -0.4 is 9.46 Å². The second-order valence-corrected chi connectivity index (χ2v) is 5.25. The van der Waals surface area contributed by atoms with Crippen molar-refractivity contribution in [3.63, 3.8) is 0 Å². The summed E-state index contributed by atoms with van der Waals surface area (Å²) < 4.78 is 30.9. The molecule has 0 spiro atoms. The van der Waals surface area contributed by atoms with E-state index in [0.29, 0.717) is 0 Å². The molecule has 0 fully saturated rings. The van der Waals surface area contributed by atoms with E-state index in [1.54, 1.807) is 6.07 Å². The third-order valence-electron chi connectivity index (χ3n) is 2.17. The molecule has 0 aliphatic heterocycles. The van der Waals surface area contributed by atoms with Crippen molar-refractivity contribution in [3.8, 4) is 11.8 Å². The molecule has 1 atom stereocenters. The summed E-state index contributed by atoms with van der Waals surface area (Å²) in [7, 11) is -2.83. The Labute approximate surface area is 109 Å². The Kier molecular flexibility index (Phi) is 4.42. The summed E-state index contributed by atoms with van der Waals surface area (Å²) >= 11 is 0. The van der Waals surface area contributed by atoms with Gasteiger partial charge >= 0.3 is 0 Å². The minimum absolute atomic E-state index is 0.0387. The first-order valence-electron chi connectivity index (χ1n) is 5.06. The SMILES string of the molecule is COc1ccc([N+](=O)[O-])cc1S(=O)(=O)NC(C)C#N. The maximum absolute atomic E-state index is 12.0. The molecule has 1 aromatic carbocycles. The Balaban J connectivity index is 3.35. The summed E-state index contributed by atoms with van der Waals surface area (Å²) in [5.74, 6) is -0.0387. The van der Waals surface area contributed by atoms with E-state index in [9.17, 15) is 18.5 Å². The summed E-state index contributed by atoms with van der Waals surface area (Å²) in [6.07, 6.45) is 0. The van der Waals surface area contributed by atoms with E-state index < -0.39 is 21.0 Å². The molecule has 1 N–H and O–H groups in total. The van der Waals surface area contributed by atoms with E-state index in [4.69, 9.17) is 10.00 Å². The number of nitrogens with zero attached hydrogens (tertiary/aromatic N) is 2. The average Bonchev–Trinajstić information content (AvgIpc) is 2.37. The minimum atomic E-state index is -4.07. The van der Waals surface area contributed by atoms with E-state index in [1.165, 1.54) is 20.1 Å². The average molecular weight is 285 g/mol. The Bertz CT molecular complexity index is 635. The second kappa shape index (κ2) is 5.64. The maximum atomic E-state index is 12.0. The lowest BCUT2D eigenvalue weighted by atomic mass is 10.3. The highest BCUT2D eigenvalue weighted by Gasteiger charge is 2.24. The number of non-ortho nitro benzene ring substituents is 1. The van der Waals surface area contributed by atoms with Crippen molar-refractivity contribution in [3.05, 3.63) is 28.3 Å². The largest absolute Gasteiger partial charge is 0.495 e. The lowest BCUT2D eigenvalue weighted by molar-refractivity contribution is -0.385. The summed E-state index contributed by atoms with van der Waals surface area (Å²) in [6, 6.07) is 3.93. The Morgan fingerprint density at radius 2 is 2.16 bits per heavy atom. The van der Waals surface area contributed by atoms with Crippen molar-refractivity contribution >= 4 is 15.7 Å². The van der Waals surface area contributed by atoms with Gasteiger partial charge in [0.25, 0.3) is 5.69 Å². The van der Waals surface area contributed by atoms with Crippen LogP contribution in [-0.4, -0.2) is 26.5 Å². The van der Waals surface area contributed by atoms with Crippen LogP contribution in [0.4, 0.5) is 5.69 Å². The standard InChI is InChI=1S/C10H11N3O5S/c1-7(6-11)12-19(16,17)10-5-8(13(14)15)3-4-9(10)18-2/h3-5,7,12H,1-2H3. The van der Waals surface area contributed by atoms with Gasteiger partial charge in [-0.1, -0.05) is 0 Å². The molecule has 102 valence electrons. The van der Waals surface area contributed by atoms with Crippen molar-refractivity contribution < 1.29 is 18.1 Å². The van der Waals surface area contributed by atoms with Gasteiger partial charge in [-0.15, -0.1) is 0 Å². The zero-order chi connectivity index (χ0) is 14.6. The van der Waals surface area contributed by atoms with Crippen LogP contribution in [0.5, 0.6) is 5.75 Å². The van der Waals surface area contributed by atoms with Gasteiger partial charge in [-0.25, -0.2) is 8.42 Å². The molecule has 8 nitrogen and oxygen atoms in total. The predicted octanol–water partition coefficient (Wildman–Crippen LogP) is 0.794. The van der Waals surface area contributed by atoms with Gasteiger partial charge in [0.2, 0.25) is 10.0 Å². The number of hydrogen-bond donors (Lipinski definition) is 1. The fourth-order valence-electron chi connectivity index (χ4n) is 1.31. The molecule has 0 radical (unpaired) electrons. The van der Waals surface area contributed by atoms with Gasteiger partial charge in [-0.2, -0.15) is 9.98 Å². The van der Waals surface area contributed by atoms with Crippen LogP contribution in [-0.2, 0) is 10.0 Å². The molecule has 9 heteroatoms. The van der Waals surface area contributed by atoms with Crippen molar-refractivity contribution in [2.75, 3.05) is 7.11 Å². The van der Waals surface area contributed by atoms with Gasteiger partial charge < -0.3 is 4.74 Å². The third-order valence-corrected chi connectivity index (χ3v) is 3.74. The smallest absolute Gasteiger partial charge is 0.271 e. The molecule has 0 bridgehead atoms. The zero-order valence-corrected chi connectivity index (χ0v) is 11.0. The molecule has 1 rings (SSSR count). The lowest BCUT2D eigenvalue weighted by Gasteiger charge is -2.11. The van der Waals surface area contributed by atoms with Crippen molar-refractivity contribution in [2.24, 2.45) is 0 Å². The Morgan fingerprint density at radius 3 is 2.63 bits per heavy atom. The zero-order valence-electron chi connectivity index (χ0n) is 10.2. The predicted molar refractivity (Wildman–Crippen MR) is 65.0 cm³/mol. The van der Waals surface area contributed by atoms with Gasteiger partial charge in [-0.05, 0) is 13.0 Å². The second-order valence-electron chi connectivity index (χ2n) is 3.56. The monoisotopic (exact) mass is 285 g/mol. The van der Waals surface area contributed by atoms with Gasteiger partial charge in [0.05, 0.1) is 18.1 Å². The summed E-state index contributed by atoms with van der Waals surface area (Å²) in [4.78, 5) is 9.56. The van der Waals surface area contributed by atoms with E-state index in [0.717, 1.165) is 12.1 Å². The molecule has 0 saturated carbocycles. The van der Waals surface area contributed by atoms with Gasteiger partial charge in [0, 0.05) is 12.1 Å². The first-order valence-corrected chi connectivity index (χ1v) is 6.54. The van der Waals surface area contributed by atoms with Crippen LogP contribution in [0.2, 0.25) is 0 Å². The van der Waals surface area contributed by atoms with Crippen LogP contribution in [0, 0.1) is 21.4 Å². The first kappa shape index (κ1) is 14.9. The fraction of sp³-hybridized carbons (Fsp3) is 0.300. The Morgan fingerprint density at radius 1 is 1.53 bits per heavy atom. The lowest BCUT2D eigenvalue weighted by Crippen LogP contribution is -2.31. The number of methoxy groups -OCH3 is 1. The molecule has 0 heterocycles. The number of rotatable bonds is 5. The molecule has 0 saturated heterocycles. The van der Waals surface area contributed by atoms with E-state index in [2.05, 4.69) is 4.72 Å². The van der Waals surface area contributed by atoms with E-state index in [1.807, 2.05) is 0 Å². The summed E-state index contributed by atoms with van der Waals surface area (Å²) in [5.41, 5.74) is -0.384. The summed E-state index contributed by atoms with van der Waals surface area (Å²) in [6.45, 7) is 1.35. The highest BCUT2D eigenvalue weighted by atomic mass is 32.2. The maximum Gasteiger partial charge on any atom is 0.271 e. The number of ether oxygens (including phenoxy) is 1.